The second kappa shape index (κ2) is 5.52. The number of aromatic nitrogens is 1. The fourth-order valence-corrected chi connectivity index (χ4v) is 2.18. The summed E-state index contributed by atoms with van der Waals surface area (Å²) in [5.41, 5.74) is 2.34. The minimum absolute atomic E-state index is 0.600. The first-order chi connectivity index (χ1) is 8.72. The van der Waals surface area contributed by atoms with Gasteiger partial charge in [0.1, 0.15) is 11.8 Å². The molecule has 0 aliphatic heterocycles. The van der Waals surface area contributed by atoms with E-state index in [1.807, 2.05) is 18.4 Å². The van der Waals surface area contributed by atoms with Gasteiger partial charge in [0, 0.05) is 11.4 Å². The number of thiazole rings is 1. The number of ether oxygens (including phenoxy) is 1. The van der Waals surface area contributed by atoms with Gasteiger partial charge in [0.2, 0.25) is 0 Å². The number of methoxy groups -OCH3 is 1. The predicted octanol–water partition coefficient (Wildman–Crippen LogP) is 2.94. The average Bonchev–Trinajstić information content (AvgIpc) is 2.81. The Morgan fingerprint density at radius 2 is 2.33 bits per heavy atom. The van der Waals surface area contributed by atoms with E-state index >= 15 is 0 Å². The van der Waals surface area contributed by atoms with Crippen molar-refractivity contribution in [3.8, 4) is 11.8 Å². The largest absolute Gasteiger partial charge is 0.497 e. The third-order valence-corrected chi connectivity index (χ3v) is 3.30. The van der Waals surface area contributed by atoms with Crippen molar-refractivity contribution in [1.82, 2.24) is 4.98 Å². The molecule has 18 heavy (non-hydrogen) atoms. The van der Waals surface area contributed by atoms with Crippen molar-refractivity contribution in [2.24, 2.45) is 0 Å². The van der Waals surface area contributed by atoms with Gasteiger partial charge in [-0.15, -0.1) is 11.3 Å². The van der Waals surface area contributed by atoms with Gasteiger partial charge in [-0.3, -0.25) is 0 Å². The lowest BCUT2D eigenvalue weighted by Crippen LogP contribution is -2.02. The lowest BCUT2D eigenvalue weighted by Gasteiger charge is -2.08. The predicted molar refractivity (Wildman–Crippen MR) is 71.9 cm³/mol. The molecule has 0 atom stereocenters. The lowest BCUT2D eigenvalue weighted by atomic mass is 10.2. The molecule has 0 radical (unpaired) electrons. The molecule has 0 spiro atoms. The Labute approximate surface area is 110 Å². The van der Waals surface area contributed by atoms with Crippen LogP contribution in [0, 0.1) is 18.3 Å². The molecule has 0 aliphatic rings. The number of rotatable bonds is 4. The van der Waals surface area contributed by atoms with E-state index in [1.54, 1.807) is 30.6 Å². The second-order valence-corrected chi connectivity index (χ2v) is 4.80. The van der Waals surface area contributed by atoms with Crippen LogP contribution < -0.4 is 10.1 Å². The van der Waals surface area contributed by atoms with Crippen molar-refractivity contribution in [3.05, 3.63) is 39.8 Å². The summed E-state index contributed by atoms with van der Waals surface area (Å²) in [6.45, 7) is 2.58. The molecule has 1 N–H and O–H groups in total. The molecule has 1 heterocycles. The summed E-state index contributed by atoms with van der Waals surface area (Å²) in [7, 11) is 1.61. The first kappa shape index (κ1) is 12.4. The van der Waals surface area contributed by atoms with E-state index in [2.05, 4.69) is 16.4 Å². The molecule has 0 saturated carbocycles. The van der Waals surface area contributed by atoms with Gasteiger partial charge in [-0.05, 0) is 19.1 Å². The van der Waals surface area contributed by atoms with E-state index in [-0.39, 0.29) is 0 Å². The van der Waals surface area contributed by atoms with E-state index in [0.29, 0.717) is 12.1 Å². The quantitative estimate of drug-likeness (QED) is 0.917. The van der Waals surface area contributed by atoms with Crippen molar-refractivity contribution in [2.45, 2.75) is 13.5 Å². The van der Waals surface area contributed by atoms with Crippen molar-refractivity contribution in [2.75, 3.05) is 12.4 Å². The van der Waals surface area contributed by atoms with Crippen LogP contribution in [0.1, 0.15) is 16.3 Å². The number of hydrogen-bond donors (Lipinski definition) is 1. The van der Waals surface area contributed by atoms with Gasteiger partial charge in [-0.1, -0.05) is 0 Å². The average molecular weight is 259 g/mol. The Bertz CT molecular complexity index is 586. The minimum atomic E-state index is 0.600. The summed E-state index contributed by atoms with van der Waals surface area (Å²) in [5, 5.41) is 15.3. The zero-order valence-electron chi connectivity index (χ0n) is 10.2. The molecule has 0 fully saturated rings. The molecule has 92 valence electrons. The highest BCUT2D eigenvalue weighted by Gasteiger charge is 2.05. The highest BCUT2D eigenvalue weighted by molar-refractivity contribution is 7.09. The highest BCUT2D eigenvalue weighted by Crippen LogP contribution is 2.22. The van der Waals surface area contributed by atoms with Gasteiger partial charge in [0.05, 0.1) is 35.6 Å². The first-order valence-electron chi connectivity index (χ1n) is 5.46. The fraction of sp³-hybridized carbons (Fsp3) is 0.231. The van der Waals surface area contributed by atoms with Crippen molar-refractivity contribution >= 4 is 17.0 Å². The third kappa shape index (κ3) is 2.79. The Morgan fingerprint density at radius 3 is 2.94 bits per heavy atom. The normalized spacial score (nSPS) is 9.83. The molecule has 0 unspecified atom stereocenters. The van der Waals surface area contributed by atoms with Crippen LogP contribution in [0.2, 0.25) is 0 Å². The van der Waals surface area contributed by atoms with Crippen molar-refractivity contribution in [3.63, 3.8) is 0 Å². The van der Waals surface area contributed by atoms with E-state index in [0.717, 1.165) is 22.1 Å². The Balaban J connectivity index is 2.15. The van der Waals surface area contributed by atoms with Crippen molar-refractivity contribution in [1.29, 1.82) is 5.26 Å². The van der Waals surface area contributed by atoms with Gasteiger partial charge in [0.25, 0.3) is 0 Å². The Hall–Kier alpha value is -2.06. The standard InChI is InChI=1S/C13H13N3OS/c1-9-16-11(8-18-9)7-15-13-5-12(17-2)4-3-10(13)6-14/h3-5,8,15H,7H2,1-2H3. The zero-order valence-corrected chi connectivity index (χ0v) is 11.0. The van der Waals surface area contributed by atoms with Gasteiger partial charge in [0.15, 0.2) is 0 Å². The van der Waals surface area contributed by atoms with Crippen LogP contribution in [0.5, 0.6) is 5.75 Å². The monoisotopic (exact) mass is 259 g/mol. The van der Waals surface area contributed by atoms with Gasteiger partial charge < -0.3 is 10.1 Å². The van der Waals surface area contributed by atoms with Crippen LogP contribution in [0.15, 0.2) is 23.6 Å². The summed E-state index contributed by atoms with van der Waals surface area (Å²) in [4.78, 5) is 4.37. The molecule has 1 aromatic carbocycles. The van der Waals surface area contributed by atoms with Crippen LogP contribution in [-0.2, 0) is 6.54 Å². The molecular formula is C13H13N3OS. The SMILES string of the molecule is COc1ccc(C#N)c(NCc2csc(C)n2)c1. The van der Waals surface area contributed by atoms with Crippen LogP contribution >= 0.6 is 11.3 Å². The van der Waals surface area contributed by atoms with E-state index in [9.17, 15) is 0 Å². The van der Waals surface area contributed by atoms with Gasteiger partial charge >= 0.3 is 0 Å². The Kier molecular flexibility index (Phi) is 3.80. The van der Waals surface area contributed by atoms with E-state index < -0.39 is 0 Å². The first-order valence-corrected chi connectivity index (χ1v) is 6.34. The highest BCUT2D eigenvalue weighted by atomic mass is 32.1. The van der Waals surface area contributed by atoms with Crippen LogP contribution in [-0.4, -0.2) is 12.1 Å². The number of aryl methyl sites for hydroxylation is 1. The summed E-state index contributed by atoms with van der Waals surface area (Å²) in [6, 6.07) is 7.49. The van der Waals surface area contributed by atoms with E-state index in [4.69, 9.17) is 10.00 Å². The number of anilines is 1. The zero-order chi connectivity index (χ0) is 13.0. The lowest BCUT2D eigenvalue weighted by molar-refractivity contribution is 0.415. The molecule has 2 rings (SSSR count). The molecule has 0 amide bonds. The third-order valence-electron chi connectivity index (χ3n) is 2.47. The van der Waals surface area contributed by atoms with Crippen LogP contribution in [0.4, 0.5) is 5.69 Å². The topological polar surface area (TPSA) is 57.9 Å². The van der Waals surface area contributed by atoms with E-state index in [1.165, 1.54) is 0 Å². The van der Waals surface area contributed by atoms with Gasteiger partial charge in [-0.25, -0.2) is 4.98 Å². The number of nitriles is 1. The molecule has 2 aromatic rings. The summed E-state index contributed by atoms with van der Waals surface area (Å²) in [5.74, 6) is 0.728. The molecule has 0 saturated heterocycles. The second-order valence-electron chi connectivity index (χ2n) is 3.73. The number of hydrogen-bond acceptors (Lipinski definition) is 5. The fourth-order valence-electron chi connectivity index (χ4n) is 1.57. The number of nitrogens with one attached hydrogen (secondary N) is 1. The Morgan fingerprint density at radius 1 is 1.50 bits per heavy atom. The number of benzene rings is 1. The maximum absolute atomic E-state index is 9.04. The molecule has 4 nitrogen and oxygen atoms in total. The van der Waals surface area contributed by atoms with Crippen LogP contribution in [0.25, 0.3) is 0 Å². The molecular weight excluding hydrogens is 246 g/mol. The molecule has 5 heteroatoms. The van der Waals surface area contributed by atoms with Gasteiger partial charge in [-0.2, -0.15) is 5.26 Å². The molecule has 1 aromatic heterocycles. The maximum Gasteiger partial charge on any atom is 0.121 e. The van der Waals surface area contributed by atoms with Crippen molar-refractivity contribution < 1.29 is 4.74 Å². The summed E-state index contributed by atoms with van der Waals surface area (Å²) < 4.78 is 5.15. The smallest absolute Gasteiger partial charge is 0.121 e. The summed E-state index contributed by atoms with van der Waals surface area (Å²) in [6.07, 6.45) is 0. The van der Waals surface area contributed by atoms with Crippen LogP contribution in [0.3, 0.4) is 0 Å². The molecule has 0 aliphatic carbocycles. The maximum atomic E-state index is 9.04. The number of nitrogens with zero attached hydrogens (tertiary/aromatic N) is 2. The molecule has 0 bridgehead atoms. The minimum Gasteiger partial charge on any atom is -0.497 e. The summed E-state index contributed by atoms with van der Waals surface area (Å²) >= 11 is 1.62.